The summed E-state index contributed by atoms with van der Waals surface area (Å²) in [5.74, 6) is -0.111. The average molecular weight is 291 g/mol. The third-order valence-electron chi connectivity index (χ3n) is 3.34. The number of amides is 1. The number of carbonyl (C=O) groups is 1. The van der Waals surface area contributed by atoms with E-state index in [-0.39, 0.29) is 29.7 Å². The molecule has 116 valence electrons. The molecular weight excluding hydrogens is 266 g/mol. The zero-order valence-corrected chi connectivity index (χ0v) is 13.4. The van der Waals surface area contributed by atoms with Gasteiger partial charge in [-0.1, -0.05) is 38.1 Å². The smallest absolute Gasteiger partial charge is 0.254 e. The summed E-state index contributed by atoms with van der Waals surface area (Å²) < 4.78 is 0. The maximum absolute atomic E-state index is 12.5. The predicted octanol–water partition coefficient (Wildman–Crippen LogP) is 2.58. The summed E-state index contributed by atoms with van der Waals surface area (Å²) in [6.45, 7) is 10.3. The van der Waals surface area contributed by atoms with Crippen LogP contribution in [0, 0.1) is 0 Å². The van der Waals surface area contributed by atoms with Gasteiger partial charge in [-0.2, -0.15) is 0 Å². The molecule has 1 amide bonds. The molecule has 0 aliphatic carbocycles. The van der Waals surface area contributed by atoms with Gasteiger partial charge in [-0.05, 0) is 37.0 Å². The van der Waals surface area contributed by atoms with Gasteiger partial charge in [0.2, 0.25) is 0 Å². The van der Waals surface area contributed by atoms with E-state index in [9.17, 15) is 4.79 Å². The number of amidine groups is 1. The maximum Gasteiger partial charge on any atom is 0.254 e. The van der Waals surface area contributed by atoms with Crippen molar-refractivity contribution in [1.82, 2.24) is 4.90 Å². The molecule has 0 atom stereocenters. The van der Waals surface area contributed by atoms with Crippen molar-refractivity contribution in [2.24, 2.45) is 10.9 Å². The minimum atomic E-state index is -0.128. The number of benzene rings is 1. The van der Waals surface area contributed by atoms with Crippen molar-refractivity contribution in [3.8, 4) is 0 Å². The van der Waals surface area contributed by atoms with Crippen molar-refractivity contribution in [1.29, 1.82) is 0 Å². The first-order valence-electron chi connectivity index (χ1n) is 7.04. The Labute approximate surface area is 126 Å². The van der Waals surface area contributed by atoms with E-state index in [0.29, 0.717) is 5.56 Å². The van der Waals surface area contributed by atoms with E-state index in [2.05, 4.69) is 25.9 Å². The van der Waals surface area contributed by atoms with Crippen LogP contribution in [0.5, 0.6) is 0 Å². The molecule has 0 radical (unpaired) electrons. The standard InChI is InChI=1S/C16H25N3O2/c1-11(2)19(10-14(17)18-21)15(20)12-6-8-13(9-7-12)16(3,4)5/h6-9,11,21H,10H2,1-5H3,(H2,17,18). The molecular formula is C16H25N3O2. The fraction of sp³-hybridized carbons (Fsp3) is 0.500. The maximum atomic E-state index is 12.5. The second-order valence-corrected chi connectivity index (χ2v) is 6.45. The first-order valence-corrected chi connectivity index (χ1v) is 7.04. The van der Waals surface area contributed by atoms with Crippen LogP contribution < -0.4 is 5.73 Å². The van der Waals surface area contributed by atoms with Gasteiger partial charge in [-0.15, -0.1) is 0 Å². The van der Waals surface area contributed by atoms with E-state index in [1.54, 1.807) is 4.90 Å². The largest absolute Gasteiger partial charge is 0.409 e. The molecule has 0 heterocycles. The third kappa shape index (κ3) is 4.48. The van der Waals surface area contributed by atoms with Gasteiger partial charge in [0.15, 0.2) is 5.84 Å². The van der Waals surface area contributed by atoms with Crippen LogP contribution in [0.4, 0.5) is 0 Å². The molecule has 0 unspecified atom stereocenters. The number of carbonyl (C=O) groups excluding carboxylic acids is 1. The van der Waals surface area contributed by atoms with Crippen LogP contribution in [0.1, 0.15) is 50.5 Å². The highest BCUT2D eigenvalue weighted by molar-refractivity contribution is 5.97. The topological polar surface area (TPSA) is 78.9 Å². The van der Waals surface area contributed by atoms with Gasteiger partial charge in [-0.3, -0.25) is 4.79 Å². The first-order chi connectivity index (χ1) is 9.66. The van der Waals surface area contributed by atoms with E-state index in [4.69, 9.17) is 10.9 Å². The van der Waals surface area contributed by atoms with Crippen LogP contribution >= 0.6 is 0 Å². The van der Waals surface area contributed by atoms with Crippen molar-refractivity contribution in [3.05, 3.63) is 35.4 Å². The summed E-state index contributed by atoms with van der Waals surface area (Å²) in [5.41, 5.74) is 7.34. The van der Waals surface area contributed by atoms with Gasteiger partial charge < -0.3 is 15.8 Å². The first kappa shape index (κ1) is 17.0. The van der Waals surface area contributed by atoms with Gasteiger partial charge in [0.25, 0.3) is 5.91 Å². The third-order valence-corrected chi connectivity index (χ3v) is 3.34. The Morgan fingerprint density at radius 1 is 1.29 bits per heavy atom. The highest BCUT2D eigenvalue weighted by atomic mass is 16.4. The van der Waals surface area contributed by atoms with Crippen molar-refractivity contribution < 1.29 is 10.0 Å². The molecule has 0 fully saturated rings. The number of hydrogen-bond donors (Lipinski definition) is 2. The number of rotatable bonds is 4. The number of hydrogen-bond acceptors (Lipinski definition) is 3. The molecule has 5 heteroatoms. The fourth-order valence-corrected chi connectivity index (χ4v) is 1.97. The highest BCUT2D eigenvalue weighted by Gasteiger charge is 2.21. The summed E-state index contributed by atoms with van der Waals surface area (Å²) >= 11 is 0. The number of oxime groups is 1. The molecule has 0 spiro atoms. The Morgan fingerprint density at radius 3 is 2.19 bits per heavy atom. The lowest BCUT2D eigenvalue weighted by Crippen LogP contribution is -2.42. The molecule has 0 saturated carbocycles. The monoisotopic (exact) mass is 291 g/mol. The Kier molecular flexibility index (Phi) is 5.35. The van der Waals surface area contributed by atoms with Crippen LogP contribution in [0.25, 0.3) is 0 Å². The van der Waals surface area contributed by atoms with Crippen LogP contribution in [-0.4, -0.2) is 34.4 Å². The normalized spacial score (nSPS) is 12.6. The molecule has 0 bridgehead atoms. The van der Waals surface area contributed by atoms with Crippen molar-refractivity contribution in [3.63, 3.8) is 0 Å². The molecule has 1 aromatic carbocycles. The predicted molar refractivity (Wildman–Crippen MR) is 84.7 cm³/mol. The lowest BCUT2D eigenvalue weighted by atomic mass is 9.86. The van der Waals surface area contributed by atoms with Gasteiger partial charge in [-0.25, -0.2) is 0 Å². The lowest BCUT2D eigenvalue weighted by Gasteiger charge is -2.26. The van der Waals surface area contributed by atoms with E-state index >= 15 is 0 Å². The van der Waals surface area contributed by atoms with Crippen molar-refractivity contribution in [2.45, 2.75) is 46.1 Å². The summed E-state index contributed by atoms with van der Waals surface area (Å²) in [5, 5.41) is 11.6. The molecule has 21 heavy (non-hydrogen) atoms. The van der Waals surface area contributed by atoms with Gasteiger partial charge in [0.05, 0.1) is 6.54 Å². The summed E-state index contributed by atoms with van der Waals surface area (Å²) in [4.78, 5) is 14.1. The minimum absolute atomic E-state index is 0.0170. The van der Waals surface area contributed by atoms with E-state index in [0.717, 1.165) is 0 Å². The zero-order valence-electron chi connectivity index (χ0n) is 13.4. The lowest BCUT2D eigenvalue weighted by molar-refractivity contribution is 0.0734. The molecule has 0 aliphatic rings. The van der Waals surface area contributed by atoms with Gasteiger partial charge >= 0.3 is 0 Å². The fourth-order valence-electron chi connectivity index (χ4n) is 1.97. The quantitative estimate of drug-likeness (QED) is 0.387. The molecule has 5 nitrogen and oxygen atoms in total. The van der Waals surface area contributed by atoms with Crippen LogP contribution in [0.2, 0.25) is 0 Å². The van der Waals surface area contributed by atoms with E-state index in [1.165, 1.54) is 5.56 Å². The number of nitrogens with zero attached hydrogens (tertiary/aromatic N) is 2. The summed E-state index contributed by atoms with van der Waals surface area (Å²) in [7, 11) is 0. The van der Waals surface area contributed by atoms with Crippen LogP contribution in [-0.2, 0) is 5.41 Å². The van der Waals surface area contributed by atoms with E-state index < -0.39 is 0 Å². The van der Waals surface area contributed by atoms with Crippen LogP contribution in [0.15, 0.2) is 29.4 Å². The Hall–Kier alpha value is -2.04. The second kappa shape index (κ2) is 6.61. The number of nitrogens with two attached hydrogens (primary N) is 1. The molecule has 1 aromatic rings. The highest BCUT2D eigenvalue weighted by Crippen LogP contribution is 2.22. The zero-order chi connectivity index (χ0) is 16.2. The molecule has 0 saturated heterocycles. The van der Waals surface area contributed by atoms with Crippen LogP contribution in [0.3, 0.4) is 0 Å². The molecule has 1 rings (SSSR count). The Morgan fingerprint density at radius 2 is 1.81 bits per heavy atom. The molecule has 0 aliphatic heterocycles. The Bertz CT molecular complexity index is 513. The second-order valence-electron chi connectivity index (χ2n) is 6.45. The molecule has 0 aromatic heterocycles. The van der Waals surface area contributed by atoms with Gasteiger partial charge in [0.1, 0.15) is 0 Å². The van der Waals surface area contributed by atoms with Gasteiger partial charge in [0, 0.05) is 11.6 Å². The SMILES string of the molecule is CC(C)N(CC(N)=NO)C(=O)c1ccc(C(C)(C)C)cc1. The van der Waals surface area contributed by atoms with E-state index in [1.807, 2.05) is 38.1 Å². The summed E-state index contributed by atoms with van der Waals surface area (Å²) in [6, 6.07) is 7.54. The molecule has 3 N–H and O–H groups in total. The van der Waals surface area contributed by atoms with Crippen molar-refractivity contribution >= 4 is 11.7 Å². The van der Waals surface area contributed by atoms with Crippen molar-refractivity contribution in [2.75, 3.05) is 6.54 Å². The summed E-state index contributed by atoms with van der Waals surface area (Å²) in [6.07, 6.45) is 0. The Balaban J connectivity index is 2.99. The average Bonchev–Trinajstić information content (AvgIpc) is 2.42. The minimum Gasteiger partial charge on any atom is -0.409 e.